The fourth-order valence-corrected chi connectivity index (χ4v) is 5.08. The van der Waals surface area contributed by atoms with Crippen LogP contribution in [0, 0.1) is 0 Å². The second-order valence-electron chi connectivity index (χ2n) is 6.68. The maximum Gasteiger partial charge on any atom is 0.257 e. The average Bonchev–Trinajstić information content (AvgIpc) is 3.04. The van der Waals surface area contributed by atoms with E-state index in [4.69, 9.17) is 4.74 Å². The molecule has 2 aliphatic rings. The Hall–Kier alpha value is -1.60. The van der Waals surface area contributed by atoms with Crippen LogP contribution in [0.25, 0.3) is 0 Å². The van der Waals surface area contributed by atoms with E-state index in [0.29, 0.717) is 37.5 Å². The molecule has 6 nitrogen and oxygen atoms in total. The largest absolute Gasteiger partial charge is 0.496 e. The van der Waals surface area contributed by atoms with E-state index in [1.165, 1.54) is 23.5 Å². The highest BCUT2D eigenvalue weighted by molar-refractivity contribution is 7.89. The summed E-state index contributed by atoms with van der Waals surface area (Å²) in [6.45, 7) is 2.52. The Balaban J connectivity index is 1.93. The third-order valence-corrected chi connectivity index (χ3v) is 6.89. The maximum absolute atomic E-state index is 13.0. The Morgan fingerprint density at radius 1 is 0.960 bits per heavy atom. The van der Waals surface area contributed by atoms with Crippen molar-refractivity contribution in [2.75, 3.05) is 33.3 Å². The molecule has 1 aromatic rings. The number of sulfonamides is 1. The minimum atomic E-state index is -3.55. The Morgan fingerprint density at radius 2 is 1.56 bits per heavy atom. The van der Waals surface area contributed by atoms with Crippen molar-refractivity contribution in [3.63, 3.8) is 0 Å². The Labute approximate surface area is 149 Å². The summed E-state index contributed by atoms with van der Waals surface area (Å²) in [5.74, 6) is 0.284. The van der Waals surface area contributed by atoms with Crippen LogP contribution in [0.1, 0.15) is 48.9 Å². The molecule has 2 aliphatic heterocycles. The first-order valence-corrected chi connectivity index (χ1v) is 10.5. The zero-order chi connectivity index (χ0) is 17.9. The van der Waals surface area contributed by atoms with E-state index in [9.17, 15) is 13.2 Å². The van der Waals surface area contributed by atoms with Crippen LogP contribution in [0.2, 0.25) is 0 Å². The molecule has 1 amide bonds. The van der Waals surface area contributed by atoms with E-state index in [1.54, 1.807) is 6.07 Å². The first kappa shape index (κ1) is 18.2. The summed E-state index contributed by atoms with van der Waals surface area (Å²) >= 11 is 0. The van der Waals surface area contributed by atoms with Gasteiger partial charge in [0, 0.05) is 26.2 Å². The predicted octanol–water partition coefficient (Wildman–Crippen LogP) is 2.50. The molecule has 0 spiro atoms. The molecule has 7 heteroatoms. The third kappa shape index (κ3) is 3.82. The number of likely N-dealkylation sites (tertiary alicyclic amines) is 1. The molecule has 1 aromatic carbocycles. The molecule has 2 heterocycles. The molecular formula is C18H26N2O4S. The standard InChI is InChI=1S/C18H26N2O4S/c1-24-17-9-8-15(25(22,23)20-12-6-7-13-20)14-16(17)18(21)19-10-4-2-3-5-11-19/h8-9,14H,2-7,10-13H2,1H3. The van der Waals surface area contributed by atoms with Crippen molar-refractivity contribution in [2.24, 2.45) is 0 Å². The molecule has 138 valence electrons. The Kier molecular flexibility index (Phi) is 5.64. The van der Waals surface area contributed by atoms with Gasteiger partial charge in [0.2, 0.25) is 10.0 Å². The molecule has 0 atom stereocenters. The number of benzene rings is 1. The molecule has 0 saturated carbocycles. The number of nitrogens with zero attached hydrogens (tertiary/aromatic N) is 2. The van der Waals surface area contributed by atoms with Crippen LogP contribution in [0.5, 0.6) is 5.75 Å². The van der Waals surface area contributed by atoms with Gasteiger partial charge in [0.1, 0.15) is 5.75 Å². The summed E-state index contributed by atoms with van der Waals surface area (Å²) < 4.78 is 32.4. The molecule has 0 N–H and O–H groups in total. The van der Waals surface area contributed by atoms with Crippen molar-refractivity contribution in [2.45, 2.75) is 43.4 Å². The van der Waals surface area contributed by atoms with Crippen LogP contribution >= 0.6 is 0 Å². The lowest BCUT2D eigenvalue weighted by Crippen LogP contribution is -2.32. The number of amides is 1. The normalized spacial score (nSPS) is 19.6. The molecule has 25 heavy (non-hydrogen) atoms. The maximum atomic E-state index is 13.0. The van der Waals surface area contributed by atoms with Crippen molar-refractivity contribution in [1.29, 1.82) is 0 Å². The monoisotopic (exact) mass is 366 g/mol. The van der Waals surface area contributed by atoms with E-state index < -0.39 is 10.0 Å². The van der Waals surface area contributed by atoms with Crippen molar-refractivity contribution in [3.8, 4) is 5.75 Å². The van der Waals surface area contributed by atoms with Crippen LogP contribution in [-0.2, 0) is 10.0 Å². The second-order valence-corrected chi connectivity index (χ2v) is 8.62. The van der Waals surface area contributed by atoms with Gasteiger partial charge < -0.3 is 9.64 Å². The second kappa shape index (κ2) is 7.74. The molecule has 0 bridgehead atoms. The van der Waals surface area contributed by atoms with E-state index in [-0.39, 0.29) is 10.8 Å². The molecule has 2 fully saturated rings. The number of carbonyl (C=O) groups is 1. The van der Waals surface area contributed by atoms with Crippen molar-refractivity contribution in [3.05, 3.63) is 23.8 Å². The zero-order valence-electron chi connectivity index (χ0n) is 14.7. The SMILES string of the molecule is COc1ccc(S(=O)(=O)N2CCCC2)cc1C(=O)N1CCCCCC1. The fraction of sp³-hybridized carbons (Fsp3) is 0.611. The molecule has 0 aliphatic carbocycles. The van der Waals surface area contributed by atoms with Gasteiger partial charge in [-0.05, 0) is 43.9 Å². The minimum Gasteiger partial charge on any atom is -0.496 e. The fourth-order valence-electron chi connectivity index (χ4n) is 3.54. The lowest BCUT2D eigenvalue weighted by molar-refractivity contribution is 0.0758. The van der Waals surface area contributed by atoms with Gasteiger partial charge in [0.25, 0.3) is 5.91 Å². The lowest BCUT2D eigenvalue weighted by Gasteiger charge is -2.22. The highest BCUT2D eigenvalue weighted by atomic mass is 32.2. The summed E-state index contributed by atoms with van der Waals surface area (Å²) in [7, 11) is -2.05. The van der Waals surface area contributed by atoms with Gasteiger partial charge in [-0.3, -0.25) is 4.79 Å². The predicted molar refractivity (Wildman–Crippen MR) is 95.4 cm³/mol. The van der Waals surface area contributed by atoms with Crippen LogP contribution in [-0.4, -0.2) is 56.8 Å². The van der Waals surface area contributed by atoms with Gasteiger partial charge in [-0.25, -0.2) is 8.42 Å². The van der Waals surface area contributed by atoms with Gasteiger partial charge in [-0.2, -0.15) is 4.31 Å². The number of hydrogen-bond acceptors (Lipinski definition) is 4. The summed E-state index contributed by atoms with van der Waals surface area (Å²) in [5, 5.41) is 0. The zero-order valence-corrected chi connectivity index (χ0v) is 15.6. The Bertz CT molecular complexity index is 719. The summed E-state index contributed by atoms with van der Waals surface area (Å²) in [6.07, 6.45) is 6.00. The summed E-state index contributed by atoms with van der Waals surface area (Å²) in [6, 6.07) is 4.61. The highest BCUT2D eigenvalue weighted by Crippen LogP contribution is 2.28. The Morgan fingerprint density at radius 3 is 2.16 bits per heavy atom. The van der Waals surface area contributed by atoms with Gasteiger partial charge in [-0.15, -0.1) is 0 Å². The van der Waals surface area contributed by atoms with Crippen LogP contribution in [0.15, 0.2) is 23.1 Å². The summed E-state index contributed by atoms with van der Waals surface area (Å²) in [5.41, 5.74) is 0.338. The van der Waals surface area contributed by atoms with Crippen molar-refractivity contribution < 1.29 is 17.9 Å². The number of ether oxygens (including phenoxy) is 1. The smallest absolute Gasteiger partial charge is 0.257 e. The van der Waals surface area contributed by atoms with Gasteiger partial charge in [0.05, 0.1) is 17.6 Å². The van der Waals surface area contributed by atoms with Crippen LogP contribution < -0.4 is 4.74 Å². The highest BCUT2D eigenvalue weighted by Gasteiger charge is 2.29. The first-order valence-electron chi connectivity index (χ1n) is 9.01. The van der Waals surface area contributed by atoms with Crippen LogP contribution in [0.3, 0.4) is 0 Å². The van der Waals surface area contributed by atoms with Crippen LogP contribution in [0.4, 0.5) is 0 Å². The van der Waals surface area contributed by atoms with Crippen molar-refractivity contribution in [1.82, 2.24) is 9.21 Å². The minimum absolute atomic E-state index is 0.141. The third-order valence-electron chi connectivity index (χ3n) is 5.00. The molecular weight excluding hydrogens is 340 g/mol. The van der Waals surface area contributed by atoms with Gasteiger partial charge in [0.15, 0.2) is 0 Å². The molecule has 0 aromatic heterocycles. The van der Waals surface area contributed by atoms with Gasteiger partial charge in [-0.1, -0.05) is 12.8 Å². The van der Waals surface area contributed by atoms with Crippen molar-refractivity contribution >= 4 is 15.9 Å². The van der Waals surface area contributed by atoms with E-state index in [1.807, 2.05) is 4.90 Å². The average molecular weight is 366 g/mol. The van der Waals surface area contributed by atoms with E-state index in [0.717, 1.165) is 38.5 Å². The lowest BCUT2D eigenvalue weighted by atomic mass is 10.1. The van der Waals surface area contributed by atoms with E-state index in [2.05, 4.69) is 0 Å². The molecule has 0 radical (unpaired) electrons. The molecule has 2 saturated heterocycles. The number of rotatable bonds is 4. The number of methoxy groups -OCH3 is 1. The number of hydrogen-bond donors (Lipinski definition) is 0. The van der Waals surface area contributed by atoms with E-state index >= 15 is 0 Å². The topological polar surface area (TPSA) is 66.9 Å². The molecule has 0 unspecified atom stereocenters. The number of carbonyl (C=O) groups excluding carboxylic acids is 1. The quantitative estimate of drug-likeness (QED) is 0.821. The van der Waals surface area contributed by atoms with Gasteiger partial charge >= 0.3 is 0 Å². The summed E-state index contributed by atoms with van der Waals surface area (Å²) in [4.78, 5) is 15.0. The first-order chi connectivity index (χ1) is 12.0. The molecule has 3 rings (SSSR count).